The van der Waals surface area contributed by atoms with Gasteiger partial charge < -0.3 is 10.1 Å². The molecule has 0 fully saturated rings. The molecule has 1 aromatic carbocycles. The van der Waals surface area contributed by atoms with E-state index in [1.165, 1.54) is 0 Å². The summed E-state index contributed by atoms with van der Waals surface area (Å²) in [5.74, 6) is -0.262. The van der Waals surface area contributed by atoms with Crippen molar-refractivity contribution >= 4 is 28.3 Å². The van der Waals surface area contributed by atoms with E-state index in [0.717, 1.165) is 16.3 Å². The number of benzene rings is 1. The van der Waals surface area contributed by atoms with Crippen LogP contribution in [0.25, 0.3) is 10.8 Å². The van der Waals surface area contributed by atoms with Gasteiger partial charge in [0.1, 0.15) is 10.8 Å². The van der Waals surface area contributed by atoms with Crippen molar-refractivity contribution in [1.29, 1.82) is 0 Å². The summed E-state index contributed by atoms with van der Waals surface area (Å²) < 4.78 is 5.31. The summed E-state index contributed by atoms with van der Waals surface area (Å²) in [4.78, 5) is 16.2. The van der Waals surface area contributed by atoms with Gasteiger partial charge in [0.05, 0.1) is 13.2 Å². The highest BCUT2D eigenvalue weighted by molar-refractivity contribution is 6.34. The van der Waals surface area contributed by atoms with Crippen LogP contribution < -0.4 is 5.32 Å². The van der Waals surface area contributed by atoms with Crippen LogP contribution in [0, 0.1) is 0 Å². The number of nitrogens with one attached hydrogen (secondary N) is 1. The van der Waals surface area contributed by atoms with E-state index in [0.29, 0.717) is 30.6 Å². The van der Waals surface area contributed by atoms with Crippen molar-refractivity contribution in [1.82, 2.24) is 10.3 Å². The van der Waals surface area contributed by atoms with Gasteiger partial charge >= 0.3 is 0 Å². The summed E-state index contributed by atoms with van der Waals surface area (Å²) in [6.07, 6.45) is 0. The molecule has 1 N–H and O–H groups in total. The van der Waals surface area contributed by atoms with Crippen molar-refractivity contribution in [2.24, 2.45) is 0 Å². The summed E-state index contributed by atoms with van der Waals surface area (Å²) in [5.41, 5.74) is 1.25. The van der Waals surface area contributed by atoms with Crippen LogP contribution in [0.4, 0.5) is 0 Å². The molecule has 2 rings (SSSR count). The van der Waals surface area contributed by atoms with E-state index in [9.17, 15) is 4.79 Å². The minimum atomic E-state index is -0.262. The van der Waals surface area contributed by atoms with Gasteiger partial charge in [0.15, 0.2) is 0 Å². The second-order valence-electron chi connectivity index (χ2n) is 4.79. The highest BCUT2D eigenvalue weighted by atomic mass is 35.5. The van der Waals surface area contributed by atoms with Crippen LogP contribution in [0.3, 0.4) is 0 Å². The third-order valence-corrected chi connectivity index (χ3v) is 3.10. The van der Waals surface area contributed by atoms with Crippen molar-refractivity contribution in [3.63, 3.8) is 0 Å². The molecule has 4 nitrogen and oxygen atoms in total. The average Bonchev–Trinajstić information content (AvgIpc) is 2.46. The van der Waals surface area contributed by atoms with E-state index in [1.54, 1.807) is 6.07 Å². The Morgan fingerprint density at radius 3 is 2.95 bits per heavy atom. The van der Waals surface area contributed by atoms with E-state index in [1.807, 2.05) is 31.2 Å². The number of rotatable bonds is 6. The Hall–Kier alpha value is -1.91. The second kappa shape index (κ2) is 7.20. The fourth-order valence-electron chi connectivity index (χ4n) is 1.85. The molecular formula is C16H17ClN2O2. The summed E-state index contributed by atoms with van der Waals surface area (Å²) in [7, 11) is 0. The van der Waals surface area contributed by atoms with E-state index in [-0.39, 0.29) is 5.91 Å². The Labute approximate surface area is 128 Å². The molecule has 110 valence electrons. The Balaban J connectivity index is 1.98. The largest absolute Gasteiger partial charge is 0.375 e. The maximum atomic E-state index is 12.0. The fourth-order valence-corrected chi connectivity index (χ4v) is 2.11. The minimum Gasteiger partial charge on any atom is -0.375 e. The van der Waals surface area contributed by atoms with Crippen molar-refractivity contribution in [2.75, 3.05) is 19.8 Å². The number of hydrogen-bond donors (Lipinski definition) is 1. The third-order valence-electron chi connectivity index (χ3n) is 2.81. The lowest BCUT2D eigenvalue weighted by Crippen LogP contribution is -2.28. The highest BCUT2D eigenvalue weighted by Crippen LogP contribution is 2.22. The molecule has 0 saturated heterocycles. The van der Waals surface area contributed by atoms with E-state index < -0.39 is 0 Å². The number of amides is 1. The quantitative estimate of drug-likeness (QED) is 0.506. The molecule has 0 aliphatic rings. The van der Waals surface area contributed by atoms with Gasteiger partial charge in [0.25, 0.3) is 5.91 Å². The van der Waals surface area contributed by atoms with Gasteiger partial charge in [0, 0.05) is 11.9 Å². The monoisotopic (exact) mass is 304 g/mol. The SMILES string of the molecule is C=C(C)COCCNC(=O)c1cc2ccccc2c(Cl)n1. The van der Waals surface area contributed by atoms with Crippen LogP contribution in [0.15, 0.2) is 42.5 Å². The number of hydrogen-bond acceptors (Lipinski definition) is 3. The molecule has 1 amide bonds. The number of carbonyl (C=O) groups is 1. The molecule has 21 heavy (non-hydrogen) atoms. The molecule has 1 aromatic heterocycles. The lowest BCUT2D eigenvalue weighted by Gasteiger charge is -2.07. The number of pyridine rings is 1. The molecule has 0 spiro atoms. The van der Waals surface area contributed by atoms with Crippen LogP contribution in [0.1, 0.15) is 17.4 Å². The molecule has 1 heterocycles. The molecular weight excluding hydrogens is 288 g/mol. The first kappa shape index (κ1) is 15.5. The van der Waals surface area contributed by atoms with Gasteiger partial charge in [-0.1, -0.05) is 48.0 Å². The first-order valence-electron chi connectivity index (χ1n) is 6.63. The summed E-state index contributed by atoms with van der Waals surface area (Å²) in [6, 6.07) is 9.28. The topological polar surface area (TPSA) is 51.2 Å². The molecule has 0 saturated carbocycles. The standard InChI is InChI=1S/C16H17ClN2O2/c1-11(2)10-21-8-7-18-16(20)14-9-12-5-3-4-6-13(12)15(17)19-14/h3-6,9H,1,7-8,10H2,2H3,(H,18,20). The van der Waals surface area contributed by atoms with Crippen LogP contribution >= 0.6 is 11.6 Å². The Kier molecular flexibility index (Phi) is 5.31. The maximum absolute atomic E-state index is 12.0. The van der Waals surface area contributed by atoms with Crippen molar-refractivity contribution in [2.45, 2.75) is 6.92 Å². The van der Waals surface area contributed by atoms with Crippen molar-refractivity contribution < 1.29 is 9.53 Å². The Morgan fingerprint density at radius 2 is 2.19 bits per heavy atom. The lowest BCUT2D eigenvalue weighted by molar-refractivity contribution is 0.0922. The average molecular weight is 305 g/mol. The smallest absolute Gasteiger partial charge is 0.270 e. The molecule has 0 aliphatic heterocycles. The molecule has 0 radical (unpaired) electrons. The number of halogens is 1. The molecule has 5 heteroatoms. The number of aromatic nitrogens is 1. The minimum absolute atomic E-state index is 0.262. The van der Waals surface area contributed by atoms with Crippen molar-refractivity contribution in [3.05, 3.63) is 53.3 Å². The third kappa shape index (κ3) is 4.28. The summed E-state index contributed by atoms with van der Waals surface area (Å²) >= 11 is 6.10. The van der Waals surface area contributed by atoms with Crippen LogP contribution in [-0.4, -0.2) is 30.6 Å². The van der Waals surface area contributed by atoms with Gasteiger partial charge in [-0.2, -0.15) is 0 Å². The molecule has 0 unspecified atom stereocenters. The molecule has 2 aromatic rings. The van der Waals surface area contributed by atoms with Gasteiger partial charge in [-0.05, 0) is 18.4 Å². The fraction of sp³-hybridized carbons (Fsp3) is 0.250. The maximum Gasteiger partial charge on any atom is 0.270 e. The zero-order valence-corrected chi connectivity index (χ0v) is 12.6. The van der Waals surface area contributed by atoms with Crippen LogP contribution in [0.5, 0.6) is 0 Å². The summed E-state index contributed by atoms with van der Waals surface area (Å²) in [6.45, 7) is 6.97. The van der Waals surface area contributed by atoms with Gasteiger partial charge in [-0.3, -0.25) is 4.79 Å². The number of ether oxygens (including phenoxy) is 1. The lowest BCUT2D eigenvalue weighted by atomic mass is 10.1. The van der Waals surface area contributed by atoms with E-state index in [2.05, 4.69) is 16.9 Å². The molecule has 0 atom stereocenters. The normalized spacial score (nSPS) is 10.6. The molecule has 0 bridgehead atoms. The van der Waals surface area contributed by atoms with E-state index >= 15 is 0 Å². The van der Waals surface area contributed by atoms with Gasteiger partial charge in [0.2, 0.25) is 0 Å². The van der Waals surface area contributed by atoms with E-state index in [4.69, 9.17) is 16.3 Å². The van der Waals surface area contributed by atoms with Gasteiger partial charge in [-0.25, -0.2) is 4.98 Å². The highest BCUT2D eigenvalue weighted by Gasteiger charge is 2.10. The predicted octanol–water partition coefficient (Wildman–Crippen LogP) is 3.21. The van der Waals surface area contributed by atoms with Gasteiger partial charge in [-0.15, -0.1) is 0 Å². The Bertz CT molecular complexity index is 670. The zero-order chi connectivity index (χ0) is 15.2. The Morgan fingerprint density at radius 1 is 1.43 bits per heavy atom. The number of fused-ring (bicyclic) bond motifs is 1. The first-order valence-corrected chi connectivity index (χ1v) is 7.01. The van der Waals surface area contributed by atoms with Crippen LogP contribution in [-0.2, 0) is 4.74 Å². The zero-order valence-electron chi connectivity index (χ0n) is 11.9. The number of nitrogens with zero attached hydrogens (tertiary/aromatic N) is 1. The van der Waals surface area contributed by atoms with Crippen molar-refractivity contribution in [3.8, 4) is 0 Å². The summed E-state index contributed by atoms with van der Waals surface area (Å²) in [5, 5.41) is 4.80. The van der Waals surface area contributed by atoms with Crippen LogP contribution in [0.2, 0.25) is 5.15 Å². The molecule has 0 aliphatic carbocycles. The number of carbonyl (C=O) groups excluding carboxylic acids is 1. The predicted molar refractivity (Wildman–Crippen MR) is 84.7 cm³/mol. The second-order valence-corrected chi connectivity index (χ2v) is 5.14. The first-order chi connectivity index (χ1) is 10.1.